The Balaban J connectivity index is 1.20. The van der Waals surface area contributed by atoms with Gasteiger partial charge in [0.2, 0.25) is 17.7 Å². The standard InChI is InChI=1S/C31H30N2O5/c1-37-23-13-15-25(16-14-23)38-24-11-9-22(10-12-24)32-29(34)26(17-19-5-3-2-4-6-19)33-30(35)27-20-7-8-21(18-20)28(27)31(33)36/h2-6,9-16,20-21,26-28H,7-8,17-18H2,1H3,(H,32,34)/t20-,21+,26-,27-,28+/m0/s1. The molecule has 2 saturated carbocycles. The fourth-order valence-corrected chi connectivity index (χ4v) is 6.49. The number of ether oxygens (including phenoxy) is 2. The lowest BCUT2D eigenvalue weighted by Gasteiger charge is -2.27. The molecule has 3 aliphatic rings. The average molecular weight is 511 g/mol. The molecule has 0 spiro atoms. The summed E-state index contributed by atoms with van der Waals surface area (Å²) in [6.45, 7) is 0. The Hall–Kier alpha value is -4.13. The molecule has 5 atom stereocenters. The Morgan fingerprint density at radius 3 is 1.97 bits per heavy atom. The van der Waals surface area contributed by atoms with Gasteiger partial charge in [-0.1, -0.05) is 30.3 Å². The van der Waals surface area contributed by atoms with Crippen molar-refractivity contribution in [3.8, 4) is 17.2 Å². The van der Waals surface area contributed by atoms with E-state index in [1.54, 1.807) is 31.4 Å². The van der Waals surface area contributed by atoms with Gasteiger partial charge in [0.1, 0.15) is 23.3 Å². The summed E-state index contributed by atoms with van der Waals surface area (Å²) in [6.07, 6.45) is 3.23. The van der Waals surface area contributed by atoms with Crippen molar-refractivity contribution < 1.29 is 23.9 Å². The molecule has 1 saturated heterocycles. The van der Waals surface area contributed by atoms with Gasteiger partial charge in [0.05, 0.1) is 18.9 Å². The molecule has 2 aliphatic carbocycles. The highest BCUT2D eigenvalue weighted by molar-refractivity contribution is 6.10. The zero-order chi connectivity index (χ0) is 26.2. The maximum absolute atomic E-state index is 13.6. The third-order valence-electron chi connectivity index (χ3n) is 8.26. The quantitative estimate of drug-likeness (QED) is 0.428. The molecule has 38 heavy (non-hydrogen) atoms. The summed E-state index contributed by atoms with van der Waals surface area (Å²) in [7, 11) is 1.61. The highest BCUT2D eigenvalue weighted by atomic mass is 16.5. The fourth-order valence-electron chi connectivity index (χ4n) is 6.49. The van der Waals surface area contributed by atoms with E-state index in [0.717, 1.165) is 30.6 Å². The van der Waals surface area contributed by atoms with Crippen LogP contribution in [0, 0.1) is 23.7 Å². The fraction of sp³-hybridized carbons (Fsp3) is 0.323. The number of methoxy groups -OCH3 is 1. The van der Waals surface area contributed by atoms with Crippen LogP contribution in [-0.4, -0.2) is 35.8 Å². The second-order valence-electron chi connectivity index (χ2n) is 10.4. The van der Waals surface area contributed by atoms with Gasteiger partial charge in [-0.05, 0) is 85.2 Å². The third-order valence-corrected chi connectivity index (χ3v) is 8.26. The topological polar surface area (TPSA) is 84.9 Å². The molecular formula is C31H30N2O5. The van der Waals surface area contributed by atoms with Crippen molar-refractivity contribution in [3.63, 3.8) is 0 Å². The number of carbonyl (C=O) groups excluding carboxylic acids is 3. The minimum Gasteiger partial charge on any atom is -0.497 e. The number of likely N-dealkylation sites (tertiary alicyclic amines) is 1. The minimum atomic E-state index is -0.905. The molecule has 7 nitrogen and oxygen atoms in total. The number of benzene rings is 3. The van der Waals surface area contributed by atoms with Crippen LogP contribution < -0.4 is 14.8 Å². The highest BCUT2D eigenvalue weighted by Gasteiger charge is 2.62. The van der Waals surface area contributed by atoms with Gasteiger partial charge in [0.15, 0.2) is 0 Å². The number of fused-ring (bicyclic) bond motifs is 5. The van der Waals surface area contributed by atoms with E-state index in [4.69, 9.17) is 9.47 Å². The van der Waals surface area contributed by atoms with E-state index >= 15 is 0 Å². The molecule has 1 heterocycles. The van der Waals surface area contributed by atoms with Crippen molar-refractivity contribution in [2.75, 3.05) is 12.4 Å². The number of rotatable bonds is 8. The number of hydrogen-bond donors (Lipinski definition) is 1. The molecule has 1 N–H and O–H groups in total. The van der Waals surface area contributed by atoms with E-state index in [-0.39, 0.29) is 47.8 Å². The van der Waals surface area contributed by atoms with Crippen molar-refractivity contribution in [1.82, 2.24) is 4.90 Å². The normalized spacial score (nSPS) is 24.3. The summed E-state index contributed by atoms with van der Waals surface area (Å²) < 4.78 is 11.0. The molecule has 3 aromatic carbocycles. The largest absolute Gasteiger partial charge is 0.497 e. The van der Waals surface area contributed by atoms with Crippen LogP contribution in [-0.2, 0) is 20.8 Å². The predicted molar refractivity (Wildman–Crippen MR) is 142 cm³/mol. The van der Waals surface area contributed by atoms with Gasteiger partial charge in [-0.25, -0.2) is 0 Å². The van der Waals surface area contributed by atoms with Crippen LogP contribution >= 0.6 is 0 Å². The van der Waals surface area contributed by atoms with E-state index in [2.05, 4.69) is 5.32 Å². The molecule has 0 aromatic heterocycles. The van der Waals surface area contributed by atoms with Crippen LogP contribution in [0.2, 0.25) is 0 Å². The Kier molecular flexibility index (Phi) is 6.35. The number of nitrogens with zero attached hydrogens (tertiary/aromatic N) is 1. The van der Waals surface area contributed by atoms with Crippen molar-refractivity contribution in [1.29, 1.82) is 0 Å². The Morgan fingerprint density at radius 1 is 0.842 bits per heavy atom. The first-order valence-corrected chi connectivity index (χ1v) is 13.2. The lowest BCUT2D eigenvalue weighted by atomic mass is 9.81. The van der Waals surface area contributed by atoms with Crippen LogP contribution in [0.25, 0.3) is 0 Å². The first-order chi connectivity index (χ1) is 18.5. The second-order valence-corrected chi connectivity index (χ2v) is 10.4. The van der Waals surface area contributed by atoms with Crippen LogP contribution in [0.5, 0.6) is 17.2 Å². The lowest BCUT2D eigenvalue weighted by Crippen LogP contribution is -2.49. The second kappa shape index (κ2) is 9.97. The van der Waals surface area contributed by atoms with E-state index in [1.165, 1.54) is 4.90 Å². The molecule has 3 fully saturated rings. The molecule has 7 heteroatoms. The number of nitrogens with one attached hydrogen (secondary N) is 1. The van der Waals surface area contributed by atoms with E-state index < -0.39 is 6.04 Å². The summed E-state index contributed by atoms with van der Waals surface area (Å²) in [5.74, 6) is 1.31. The number of anilines is 1. The van der Waals surface area contributed by atoms with E-state index in [0.29, 0.717) is 17.2 Å². The number of hydrogen-bond acceptors (Lipinski definition) is 5. The molecular weight excluding hydrogens is 480 g/mol. The molecule has 2 bridgehead atoms. The summed E-state index contributed by atoms with van der Waals surface area (Å²) in [4.78, 5) is 42.0. The van der Waals surface area contributed by atoms with Crippen LogP contribution in [0.15, 0.2) is 78.9 Å². The zero-order valence-corrected chi connectivity index (χ0v) is 21.2. The van der Waals surface area contributed by atoms with Crippen LogP contribution in [0.1, 0.15) is 24.8 Å². The van der Waals surface area contributed by atoms with Gasteiger partial charge < -0.3 is 14.8 Å². The minimum absolute atomic E-state index is 0.175. The van der Waals surface area contributed by atoms with Gasteiger partial charge in [-0.15, -0.1) is 0 Å². The van der Waals surface area contributed by atoms with Gasteiger partial charge in [-0.3, -0.25) is 19.3 Å². The predicted octanol–water partition coefficient (Wildman–Crippen LogP) is 5.07. The number of amides is 3. The Labute approximate surface area is 221 Å². The summed E-state index contributed by atoms with van der Waals surface area (Å²) >= 11 is 0. The highest BCUT2D eigenvalue weighted by Crippen LogP contribution is 2.56. The van der Waals surface area contributed by atoms with Crippen LogP contribution in [0.3, 0.4) is 0 Å². The third kappa shape index (κ3) is 4.42. The number of carbonyl (C=O) groups is 3. The molecule has 3 amide bonds. The van der Waals surface area contributed by atoms with Crippen molar-refractivity contribution in [2.24, 2.45) is 23.7 Å². The van der Waals surface area contributed by atoms with Gasteiger partial charge >= 0.3 is 0 Å². The molecule has 1 aliphatic heterocycles. The van der Waals surface area contributed by atoms with Crippen molar-refractivity contribution in [3.05, 3.63) is 84.4 Å². The van der Waals surface area contributed by atoms with E-state index in [1.807, 2.05) is 54.6 Å². The van der Waals surface area contributed by atoms with E-state index in [9.17, 15) is 14.4 Å². The van der Waals surface area contributed by atoms with Gasteiger partial charge in [-0.2, -0.15) is 0 Å². The molecule has 3 aromatic rings. The Morgan fingerprint density at radius 2 is 1.39 bits per heavy atom. The van der Waals surface area contributed by atoms with Crippen LogP contribution in [0.4, 0.5) is 5.69 Å². The van der Waals surface area contributed by atoms with Crippen molar-refractivity contribution >= 4 is 23.4 Å². The SMILES string of the molecule is COc1ccc(Oc2ccc(NC(=O)[C@H](Cc3ccccc3)N3C(=O)[C@@H]4[C@@H]5CC[C@@H](C5)[C@@H]4C3=O)cc2)cc1. The maximum atomic E-state index is 13.6. The average Bonchev–Trinajstić information content (AvgIpc) is 3.63. The Bertz CT molecular complexity index is 1310. The maximum Gasteiger partial charge on any atom is 0.248 e. The van der Waals surface area contributed by atoms with Gasteiger partial charge in [0.25, 0.3) is 0 Å². The first kappa shape index (κ1) is 24.2. The first-order valence-electron chi connectivity index (χ1n) is 13.2. The zero-order valence-electron chi connectivity index (χ0n) is 21.2. The number of imide groups is 1. The summed E-state index contributed by atoms with van der Waals surface area (Å²) in [6, 6.07) is 22.9. The molecule has 0 unspecified atom stereocenters. The molecule has 0 radical (unpaired) electrons. The monoisotopic (exact) mass is 510 g/mol. The lowest BCUT2D eigenvalue weighted by molar-refractivity contribution is -0.147. The molecule has 6 rings (SSSR count). The molecule has 194 valence electrons. The van der Waals surface area contributed by atoms with Gasteiger partial charge in [0, 0.05) is 12.1 Å². The summed E-state index contributed by atoms with van der Waals surface area (Å²) in [5, 5.41) is 2.93. The van der Waals surface area contributed by atoms with Crippen molar-refractivity contribution in [2.45, 2.75) is 31.7 Å². The summed E-state index contributed by atoms with van der Waals surface area (Å²) in [5.41, 5.74) is 1.46. The smallest absolute Gasteiger partial charge is 0.248 e.